The molecule has 6 heterocycles. The van der Waals surface area contributed by atoms with E-state index in [0.29, 0.717) is 25.2 Å². The Bertz CT molecular complexity index is 1390. The summed E-state index contributed by atoms with van der Waals surface area (Å²) < 4.78 is 1.84. The highest BCUT2D eigenvalue weighted by atomic mass is 16.2. The van der Waals surface area contributed by atoms with Crippen LogP contribution in [-0.4, -0.2) is 78.3 Å². The molecular weight excluding hydrogens is 446 g/mol. The Labute approximate surface area is 202 Å². The van der Waals surface area contributed by atoms with Crippen molar-refractivity contribution in [3.8, 4) is 0 Å². The molecule has 1 fully saturated rings. The van der Waals surface area contributed by atoms with Gasteiger partial charge in [-0.15, -0.1) is 0 Å². The first kappa shape index (κ1) is 21.9. The van der Waals surface area contributed by atoms with E-state index in [1.807, 2.05) is 27.8 Å². The predicted octanol–water partition coefficient (Wildman–Crippen LogP) is 1.60. The fourth-order valence-corrected chi connectivity index (χ4v) is 5.68. The van der Waals surface area contributed by atoms with E-state index >= 15 is 0 Å². The number of H-pyrrole nitrogens is 2. The molecule has 182 valence electrons. The second kappa shape index (κ2) is 8.26. The molecule has 0 saturated carbocycles. The molecule has 11 nitrogen and oxygen atoms in total. The highest BCUT2D eigenvalue weighted by Crippen LogP contribution is 2.32. The number of carbonyl (C=O) groups is 1. The van der Waals surface area contributed by atoms with Crippen molar-refractivity contribution in [1.29, 1.82) is 0 Å². The highest BCUT2D eigenvalue weighted by molar-refractivity contribution is 6.39. The third-order valence-corrected chi connectivity index (χ3v) is 7.40. The van der Waals surface area contributed by atoms with Crippen LogP contribution < -0.4 is 5.69 Å². The average molecular weight is 476 g/mol. The SMILES string of the molecule is CC1(C)CN(C(=O)C2=NC(N3CCC(n4c(=O)[nH]c5ncccc54)CC3)CC=N2)Cc2cn[nH]c21. The Morgan fingerprint density at radius 1 is 1.23 bits per heavy atom. The molecule has 1 unspecified atom stereocenters. The molecule has 1 atom stereocenters. The van der Waals surface area contributed by atoms with Crippen LogP contribution in [-0.2, 0) is 16.8 Å². The lowest BCUT2D eigenvalue weighted by molar-refractivity contribution is -0.126. The number of hydrogen-bond donors (Lipinski definition) is 2. The van der Waals surface area contributed by atoms with Crippen molar-refractivity contribution in [1.82, 2.24) is 34.5 Å². The Morgan fingerprint density at radius 2 is 2.06 bits per heavy atom. The lowest BCUT2D eigenvalue weighted by Gasteiger charge is -2.38. The van der Waals surface area contributed by atoms with Gasteiger partial charge in [-0.05, 0) is 25.0 Å². The van der Waals surface area contributed by atoms with Crippen LogP contribution >= 0.6 is 0 Å². The van der Waals surface area contributed by atoms with E-state index in [1.165, 1.54) is 0 Å². The zero-order valence-electron chi connectivity index (χ0n) is 19.9. The molecule has 0 spiro atoms. The van der Waals surface area contributed by atoms with Crippen molar-refractivity contribution in [3.63, 3.8) is 0 Å². The number of nitrogens with zero attached hydrogens (tertiary/aromatic N) is 7. The first-order chi connectivity index (χ1) is 16.9. The van der Waals surface area contributed by atoms with E-state index in [4.69, 9.17) is 4.99 Å². The number of amides is 1. The highest BCUT2D eigenvalue weighted by Gasteiger charge is 2.37. The fourth-order valence-electron chi connectivity index (χ4n) is 5.68. The fraction of sp³-hybridized carbons (Fsp3) is 0.500. The van der Waals surface area contributed by atoms with Gasteiger partial charge in [0.05, 0.1) is 11.7 Å². The van der Waals surface area contributed by atoms with Gasteiger partial charge in [-0.3, -0.25) is 24.3 Å². The van der Waals surface area contributed by atoms with E-state index in [9.17, 15) is 9.59 Å². The molecule has 11 heteroatoms. The smallest absolute Gasteiger partial charge is 0.327 e. The van der Waals surface area contributed by atoms with Crippen LogP contribution in [0.4, 0.5) is 0 Å². The minimum Gasteiger partial charge on any atom is -0.331 e. The summed E-state index contributed by atoms with van der Waals surface area (Å²) in [5.74, 6) is 0.128. The number of carbonyl (C=O) groups excluding carboxylic acids is 1. The van der Waals surface area contributed by atoms with Crippen LogP contribution in [0.15, 0.2) is 39.3 Å². The summed E-state index contributed by atoms with van der Waals surface area (Å²) in [4.78, 5) is 46.3. The lowest BCUT2D eigenvalue weighted by atomic mass is 9.83. The minimum atomic E-state index is -0.212. The van der Waals surface area contributed by atoms with Crippen LogP contribution in [0.2, 0.25) is 0 Å². The maximum atomic E-state index is 13.4. The summed E-state index contributed by atoms with van der Waals surface area (Å²) in [6.45, 7) is 6.90. The monoisotopic (exact) mass is 475 g/mol. The Morgan fingerprint density at radius 3 is 2.89 bits per heavy atom. The lowest BCUT2D eigenvalue weighted by Crippen LogP contribution is -2.48. The first-order valence-corrected chi connectivity index (χ1v) is 12.1. The van der Waals surface area contributed by atoms with Crippen LogP contribution in [0.25, 0.3) is 11.2 Å². The van der Waals surface area contributed by atoms with Gasteiger partial charge in [0, 0.05) is 67.7 Å². The number of aromatic amines is 2. The van der Waals surface area contributed by atoms with E-state index in [1.54, 1.807) is 12.4 Å². The van der Waals surface area contributed by atoms with Gasteiger partial charge < -0.3 is 4.90 Å². The van der Waals surface area contributed by atoms with Crippen molar-refractivity contribution in [2.24, 2.45) is 9.98 Å². The number of pyridine rings is 1. The third kappa shape index (κ3) is 3.79. The zero-order valence-corrected chi connectivity index (χ0v) is 19.9. The second-order valence-corrected chi connectivity index (χ2v) is 10.2. The standard InChI is InChI=1S/C24H29N9O2/c1-24(2)14-32(13-15-12-27-30-19(15)24)22(34)21-26-9-5-18(28-21)31-10-6-16(7-11-31)33-17-4-3-8-25-20(17)29-23(33)35/h3-4,8-9,12,16,18H,5-7,10-11,13-14H2,1-2H3,(H,27,30)(H,25,29,35). The van der Waals surface area contributed by atoms with Crippen molar-refractivity contribution >= 4 is 29.1 Å². The summed E-state index contributed by atoms with van der Waals surface area (Å²) >= 11 is 0. The van der Waals surface area contributed by atoms with Gasteiger partial charge in [0.25, 0.3) is 5.91 Å². The van der Waals surface area contributed by atoms with Crippen molar-refractivity contribution in [2.45, 2.75) is 57.3 Å². The van der Waals surface area contributed by atoms with Crippen LogP contribution in [0.3, 0.4) is 0 Å². The van der Waals surface area contributed by atoms with E-state index < -0.39 is 0 Å². The summed E-state index contributed by atoms with van der Waals surface area (Å²) in [5.41, 5.74) is 3.27. The molecule has 3 aromatic heterocycles. The molecule has 2 N–H and O–H groups in total. The molecule has 0 radical (unpaired) electrons. The molecule has 35 heavy (non-hydrogen) atoms. The molecule has 0 aliphatic carbocycles. The van der Waals surface area contributed by atoms with Crippen molar-refractivity contribution in [3.05, 3.63) is 46.3 Å². The van der Waals surface area contributed by atoms with Gasteiger partial charge in [0.2, 0.25) is 5.84 Å². The van der Waals surface area contributed by atoms with E-state index in [-0.39, 0.29) is 35.1 Å². The number of aromatic nitrogens is 5. The van der Waals surface area contributed by atoms with Gasteiger partial charge in [0.1, 0.15) is 6.17 Å². The number of piperidine rings is 1. The molecule has 3 aliphatic heterocycles. The normalized spacial score (nSPS) is 22.9. The van der Waals surface area contributed by atoms with E-state index in [0.717, 1.165) is 42.7 Å². The number of amidine groups is 1. The molecular formula is C24H29N9O2. The second-order valence-electron chi connectivity index (χ2n) is 10.2. The Balaban J connectivity index is 1.15. The first-order valence-electron chi connectivity index (χ1n) is 12.1. The molecule has 1 amide bonds. The van der Waals surface area contributed by atoms with Gasteiger partial charge in [-0.25, -0.2) is 19.8 Å². The molecule has 3 aliphatic rings. The number of likely N-dealkylation sites (tertiary alicyclic amines) is 1. The molecule has 3 aromatic rings. The molecule has 1 saturated heterocycles. The maximum Gasteiger partial charge on any atom is 0.327 e. The average Bonchev–Trinajstić information content (AvgIpc) is 3.48. The number of fused-ring (bicyclic) bond motifs is 2. The van der Waals surface area contributed by atoms with Gasteiger partial charge in [-0.2, -0.15) is 5.10 Å². The van der Waals surface area contributed by atoms with Crippen molar-refractivity contribution in [2.75, 3.05) is 19.6 Å². The van der Waals surface area contributed by atoms with E-state index in [2.05, 4.69) is 43.9 Å². The Hall–Kier alpha value is -3.60. The number of imidazole rings is 1. The summed E-state index contributed by atoms with van der Waals surface area (Å²) in [5, 5.41) is 7.25. The maximum absolute atomic E-state index is 13.4. The quantitative estimate of drug-likeness (QED) is 0.595. The van der Waals surface area contributed by atoms with Gasteiger partial charge in [0.15, 0.2) is 5.65 Å². The third-order valence-electron chi connectivity index (χ3n) is 7.40. The Kier molecular flexibility index (Phi) is 5.17. The van der Waals surface area contributed by atoms with Crippen LogP contribution in [0.5, 0.6) is 0 Å². The number of aliphatic imine (C=N–C) groups is 2. The van der Waals surface area contributed by atoms with Gasteiger partial charge in [-0.1, -0.05) is 13.8 Å². The summed E-state index contributed by atoms with van der Waals surface area (Å²) in [6.07, 6.45) is 7.52. The van der Waals surface area contributed by atoms with Crippen LogP contribution in [0, 0.1) is 0 Å². The molecule has 6 rings (SSSR count). The van der Waals surface area contributed by atoms with Crippen LogP contribution in [0.1, 0.15) is 50.4 Å². The summed E-state index contributed by atoms with van der Waals surface area (Å²) in [7, 11) is 0. The zero-order chi connectivity index (χ0) is 24.2. The largest absolute Gasteiger partial charge is 0.331 e. The number of rotatable bonds is 3. The topological polar surface area (TPSA) is 128 Å². The molecule has 0 bridgehead atoms. The predicted molar refractivity (Wildman–Crippen MR) is 132 cm³/mol. The van der Waals surface area contributed by atoms with Gasteiger partial charge >= 0.3 is 5.69 Å². The van der Waals surface area contributed by atoms with Crippen molar-refractivity contribution < 1.29 is 4.79 Å². The molecule has 0 aromatic carbocycles. The number of nitrogens with one attached hydrogen (secondary N) is 2. The number of hydrogen-bond acceptors (Lipinski definition) is 7. The summed E-state index contributed by atoms with van der Waals surface area (Å²) in [6, 6.07) is 3.90. The minimum absolute atomic E-state index is 0.110.